The lowest BCUT2D eigenvalue weighted by atomic mass is 9.79. The molecule has 1 atom stereocenters. The highest BCUT2D eigenvalue weighted by molar-refractivity contribution is 6.58. The first-order valence-electron chi connectivity index (χ1n) is 8.45. The van der Waals surface area contributed by atoms with Crippen LogP contribution in [0.5, 0.6) is 0 Å². The number of hydrogen-bond donors (Lipinski definition) is 2. The summed E-state index contributed by atoms with van der Waals surface area (Å²) in [5, 5.41) is 18.6. The fraction of sp³-hybridized carbons (Fsp3) is 0.556. The lowest BCUT2D eigenvalue weighted by Gasteiger charge is -2.24. The summed E-state index contributed by atoms with van der Waals surface area (Å²) >= 11 is 0. The van der Waals surface area contributed by atoms with Crippen molar-refractivity contribution >= 4 is 25.0 Å². The van der Waals surface area contributed by atoms with Crippen molar-refractivity contribution < 1.29 is 24.4 Å². The number of hydrogen-bond acceptors (Lipinski definition) is 5. The maximum atomic E-state index is 12.5. The Morgan fingerprint density at radius 1 is 1.36 bits per heavy atom. The Morgan fingerprint density at radius 2 is 2.04 bits per heavy atom. The van der Waals surface area contributed by atoms with Crippen LogP contribution in [-0.2, 0) is 20.7 Å². The molecule has 0 bridgehead atoms. The van der Waals surface area contributed by atoms with E-state index in [0.717, 1.165) is 12.0 Å². The molecular weight excluding hydrogens is 321 g/mol. The predicted octanol–water partition coefficient (Wildman–Crippen LogP) is 0.735. The molecule has 138 valence electrons. The Kier molecular flexibility index (Phi) is 8.12. The van der Waals surface area contributed by atoms with E-state index >= 15 is 0 Å². The monoisotopic (exact) mass is 349 g/mol. The van der Waals surface area contributed by atoms with Gasteiger partial charge in [-0.05, 0) is 51.1 Å². The van der Waals surface area contributed by atoms with Crippen LogP contribution in [0.15, 0.2) is 24.3 Å². The van der Waals surface area contributed by atoms with Gasteiger partial charge >= 0.3 is 13.1 Å². The summed E-state index contributed by atoms with van der Waals surface area (Å²) in [7, 11) is 0.155. The van der Waals surface area contributed by atoms with Gasteiger partial charge in [-0.1, -0.05) is 24.3 Å². The second kappa shape index (κ2) is 9.58. The number of carbonyl (C=O) groups excluding carboxylic acids is 2. The topological polar surface area (TPSA) is 87.1 Å². The predicted molar refractivity (Wildman–Crippen MR) is 97.2 cm³/mol. The lowest BCUT2D eigenvalue weighted by molar-refractivity contribution is -0.160. The molecule has 1 amide bonds. The summed E-state index contributed by atoms with van der Waals surface area (Å²) in [6, 6.07) is 6.88. The maximum absolute atomic E-state index is 12.5. The van der Waals surface area contributed by atoms with Gasteiger partial charge in [-0.2, -0.15) is 0 Å². The first-order valence-corrected chi connectivity index (χ1v) is 8.45. The third-order valence-electron chi connectivity index (χ3n) is 3.71. The highest BCUT2D eigenvalue weighted by atomic mass is 16.6. The van der Waals surface area contributed by atoms with Gasteiger partial charge in [0.1, 0.15) is 5.60 Å². The molecule has 0 heterocycles. The van der Waals surface area contributed by atoms with Gasteiger partial charge in [0.25, 0.3) is 0 Å². The van der Waals surface area contributed by atoms with Crippen LogP contribution in [0.25, 0.3) is 0 Å². The van der Waals surface area contributed by atoms with E-state index in [1.165, 1.54) is 4.90 Å². The zero-order valence-corrected chi connectivity index (χ0v) is 15.4. The van der Waals surface area contributed by atoms with E-state index in [9.17, 15) is 19.6 Å². The molecule has 0 aromatic heterocycles. The molecule has 1 aromatic carbocycles. The van der Waals surface area contributed by atoms with Crippen LogP contribution >= 0.6 is 0 Å². The van der Waals surface area contributed by atoms with Gasteiger partial charge in [0.05, 0.1) is 5.92 Å². The molecule has 0 spiro atoms. The number of amides is 1. The molecule has 0 radical (unpaired) electrons. The van der Waals surface area contributed by atoms with Gasteiger partial charge in [0.2, 0.25) is 6.41 Å². The molecule has 1 unspecified atom stereocenters. The number of benzene rings is 1. The molecular formula is C18H28BNO5. The van der Waals surface area contributed by atoms with Crippen LogP contribution in [0, 0.1) is 5.92 Å². The van der Waals surface area contributed by atoms with Crippen LogP contribution in [0.3, 0.4) is 0 Å². The molecule has 0 aliphatic heterocycles. The average molecular weight is 349 g/mol. The summed E-state index contributed by atoms with van der Waals surface area (Å²) < 4.78 is 5.51. The first-order chi connectivity index (χ1) is 11.6. The van der Waals surface area contributed by atoms with Crippen LogP contribution in [0.4, 0.5) is 0 Å². The summed E-state index contributed by atoms with van der Waals surface area (Å²) in [5.41, 5.74) is 0.657. The Bertz CT molecular complexity index is 571. The molecule has 2 N–H and O–H groups in total. The largest absolute Gasteiger partial charge is 0.488 e. The van der Waals surface area contributed by atoms with E-state index in [1.54, 1.807) is 25.2 Å². The van der Waals surface area contributed by atoms with Gasteiger partial charge in [-0.3, -0.25) is 9.59 Å². The van der Waals surface area contributed by atoms with Crippen molar-refractivity contribution in [3.63, 3.8) is 0 Å². The molecule has 0 saturated carbocycles. The Balaban J connectivity index is 2.84. The van der Waals surface area contributed by atoms with Crippen LogP contribution in [0.1, 0.15) is 39.2 Å². The Hall–Kier alpha value is -1.86. The number of rotatable bonds is 9. The van der Waals surface area contributed by atoms with Gasteiger partial charge in [-0.25, -0.2) is 0 Å². The number of carbonyl (C=O) groups is 2. The fourth-order valence-corrected chi connectivity index (χ4v) is 2.49. The fourth-order valence-electron chi connectivity index (χ4n) is 2.49. The average Bonchev–Trinajstić information content (AvgIpc) is 2.52. The van der Waals surface area contributed by atoms with Crippen molar-refractivity contribution in [2.75, 3.05) is 13.6 Å². The molecule has 0 fully saturated rings. The van der Waals surface area contributed by atoms with Crippen LogP contribution in [-0.4, -0.2) is 53.6 Å². The molecule has 0 saturated heterocycles. The van der Waals surface area contributed by atoms with Crippen molar-refractivity contribution in [3.8, 4) is 0 Å². The minimum Gasteiger partial charge on any atom is -0.460 e. The van der Waals surface area contributed by atoms with E-state index in [2.05, 4.69) is 0 Å². The molecule has 1 rings (SSSR count). The van der Waals surface area contributed by atoms with Gasteiger partial charge in [0, 0.05) is 13.6 Å². The summed E-state index contributed by atoms with van der Waals surface area (Å²) in [6.45, 7) is 6.04. The maximum Gasteiger partial charge on any atom is 0.488 e. The highest BCUT2D eigenvalue weighted by Crippen LogP contribution is 2.19. The molecule has 25 heavy (non-hydrogen) atoms. The van der Waals surface area contributed by atoms with E-state index < -0.39 is 12.7 Å². The summed E-state index contributed by atoms with van der Waals surface area (Å²) in [6.07, 6.45) is 2.47. The number of nitrogens with zero attached hydrogens (tertiary/aromatic N) is 1. The van der Waals surface area contributed by atoms with E-state index in [0.29, 0.717) is 31.3 Å². The van der Waals surface area contributed by atoms with Gasteiger partial charge < -0.3 is 19.7 Å². The quantitative estimate of drug-likeness (QED) is 0.390. The minimum absolute atomic E-state index is 0.281. The van der Waals surface area contributed by atoms with Crippen molar-refractivity contribution in [1.29, 1.82) is 0 Å². The smallest absolute Gasteiger partial charge is 0.460 e. The van der Waals surface area contributed by atoms with E-state index in [4.69, 9.17) is 4.74 Å². The summed E-state index contributed by atoms with van der Waals surface area (Å²) in [5.74, 6) is -0.637. The summed E-state index contributed by atoms with van der Waals surface area (Å²) in [4.78, 5) is 24.7. The van der Waals surface area contributed by atoms with Crippen LogP contribution < -0.4 is 5.46 Å². The molecule has 0 aliphatic carbocycles. The van der Waals surface area contributed by atoms with E-state index in [1.807, 2.05) is 26.8 Å². The van der Waals surface area contributed by atoms with Gasteiger partial charge in [-0.15, -0.1) is 0 Å². The minimum atomic E-state index is -1.54. The van der Waals surface area contributed by atoms with Crippen molar-refractivity contribution in [1.82, 2.24) is 4.90 Å². The molecule has 1 aromatic rings. The first kappa shape index (κ1) is 21.2. The van der Waals surface area contributed by atoms with Crippen molar-refractivity contribution in [3.05, 3.63) is 29.8 Å². The number of esters is 1. The van der Waals surface area contributed by atoms with Gasteiger partial charge in [0.15, 0.2) is 0 Å². The number of ether oxygens (including phenoxy) is 1. The van der Waals surface area contributed by atoms with Crippen molar-refractivity contribution in [2.24, 2.45) is 5.92 Å². The Labute approximate surface area is 149 Å². The zero-order valence-electron chi connectivity index (χ0n) is 15.4. The SMILES string of the molecule is CN(C=O)CCCC(Cc1cccc(B(O)O)c1)C(=O)OC(C)(C)C. The van der Waals surface area contributed by atoms with E-state index in [-0.39, 0.29) is 11.9 Å². The Morgan fingerprint density at radius 3 is 2.60 bits per heavy atom. The third-order valence-corrected chi connectivity index (χ3v) is 3.71. The normalized spacial score (nSPS) is 12.4. The van der Waals surface area contributed by atoms with Crippen molar-refractivity contribution in [2.45, 2.75) is 45.6 Å². The standard InChI is InChI=1S/C18H28BNO5/c1-18(2,3)25-17(22)15(8-6-10-20(4)13-21)11-14-7-5-9-16(12-14)19(23)24/h5,7,9,12-13,15,23-24H,6,8,10-11H2,1-4H3. The zero-order chi connectivity index (χ0) is 19.0. The van der Waals surface area contributed by atoms with Crippen LogP contribution in [0.2, 0.25) is 0 Å². The lowest BCUT2D eigenvalue weighted by Crippen LogP contribution is -2.32. The molecule has 7 heteroatoms. The molecule has 6 nitrogen and oxygen atoms in total. The molecule has 0 aliphatic rings. The third kappa shape index (κ3) is 8.18. The second-order valence-electron chi connectivity index (χ2n) is 7.28. The highest BCUT2D eigenvalue weighted by Gasteiger charge is 2.25. The second-order valence-corrected chi connectivity index (χ2v) is 7.28.